The Morgan fingerprint density at radius 1 is 1.06 bits per heavy atom. The molecule has 0 amide bonds. The van der Waals surface area contributed by atoms with Crippen molar-refractivity contribution < 1.29 is 0 Å². The van der Waals surface area contributed by atoms with Gasteiger partial charge in [-0.2, -0.15) is 0 Å². The summed E-state index contributed by atoms with van der Waals surface area (Å²) in [6.45, 7) is 9.31. The van der Waals surface area contributed by atoms with Gasteiger partial charge in [-0.15, -0.1) is 0 Å². The van der Waals surface area contributed by atoms with Gasteiger partial charge in [-0.1, -0.05) is 62.1 Å². The zero-order chi connectivity index (χ0) is 12.0. The van der Waals surface area contributed by atoms with E-state index in [4.69, 9.17) is 0 Å². The Bertz CT molecular complexity index is 371. The van der Waals surface area contributed by atoms with Crippen LogP contribution in [0.3, 0.4) is 0 Å². The molecule has 0 heterocycles. The van der Waals surface area contributed by atoms with Gasteiger partial charge >= 0.3 is 0 Å². The first-order valence-electron chi connectivity index (χ1n) is 6.13. The van der Waals surface area contributed by atoms with Crippen molar-refractivity contribution >= 4 is 13.3 Å². The van der Waals surface area contributed by atoms with E-state index in [0.717, 1.165) is 12.0 Å². The molecule has 1 aromatic carbocycles. The first-order valence-corrected chi connectivity index (χ1v) is 9.63. The van der Waals surface area contributed by atoms with Gasteiger partial charge < -0.3 is 0 Å². The molecule has 1 rings (SSSR count). The molecule has 16 heavy (non-hydrogen) atoms. The lowest BCUT2D eigenvalue weighted by Gasteiger charge is -2.15. The van der Waals surface area contributed by atoms with Crippen molar-refractivity contribution in [3.63, 3.8) is 0 Å². The second-order valence-corrected chi connectivity index (χ2v) is 10.3. The van der Waals surface area contributed by atoms with Crippen molar-refractivity contribution in [2.45, 2.75) is 45.8 Å². The van der Waals surface area contributed by atoms with Crippen molar-refractivity contribution in [1.29, 1.82) is 0 Å². The molecular weight excluding hydrogens is 208 g/mol. The molecule has 1 aromatic rings. The SMILES string of the molecule is CCCCC#Cc1ccc([Si](C)(C)C)cc1. The van der Waals surface area contributed by atoms with Crippen LogP contribution in [0, 0.1) is 11.8 Å². The van der Waals surface area contributed by atoms with Crippen LogP contribution in [0.2, 0.25) is 19.6 Å². The smallest absolute Gasteiger partial charge is 0.0775 e. The van der Waals surface area contributed by atoms with E-state index in [9.17, 15) is 0 Å². The third kappa shape index (κ3) is 4.24. The average Bonchev–Trinajstić information content (AvgIpc) is 2.24. The fourth-order valence-electron chi connectivity index (χ4n) is 1.48. The normalized spacial score (nSPS) is 10.8. The van der Waals surface area contributed by atoms with Gasteiger partial charge in [0.1, 0.15) is 0 Å². The highest BCUT2D eigenvalue weighted by Crippen LogP contribution is 2.04. The Kier molecular flexibility index (Phi) is 4.83. The molecule has 0 fully saturated rings. The highest BCUT2D eigenvalue weighted by atomic mass is 28.3. The summed E-state index contributed by atoms with van der Waals surface area (Å²) in [5.41, 5.74) is 1.15. The quantitative estimate of drug-likeness (QED) is 0.421. The van der Waals surface area contributed by atoms with Crippen LogP contribution in [0.5, 0.6) is 0 Å². The standard InChI is InChI=1S/C15H22Si/c1-5-6-7-8-9-14-10-12-15(13-11-14)16(2,3)4/h10-13H,5-7H2,1-4H3. The Hall–Kier alpha value is -1.00. The molecular formula is C15H22Si. The van der Waals surface area contributed by atoms with Crippen LogP contribution >= 0.6 is 0 Å². The zero-order valence-electron chi connectivity index (χ0n) is 10.9. The van der Waals surface area contributed by atoms with Crippen molar-refractivity contribution in [2.24, 2.45) is 0 Å². The Labute approximate surface area is 101 Å². The third-order valence-corrected chi connectivity index (χ3v) is 4.70. The first kappa shape index (κ1) is 13.1. The summed E-state index contributed by atoms with van der Waals surface area (Å²) in [4.78, 5) is 0. The predicted molar refractivity (Wildman–Crippen MR) is 75.8 cm³/mol. The zero-order valence-corrected chi connectivity index (χ0v) is 11.9. The van der Waals surface area contributed by atoms with Gasteiger partial charge in [-0.25, -0.2) is 0 Å². The molecule has 0 unspecified atom stereocenters. The highest BCUT2D eigenvalue weighted by molar-refractivity contribution is 6.88. The number of unbranched alkanes of at least 4 members (excludes halogenated alkanes) is 2. The fourth-order valence-corrected chi connectivity index (χ4v) is 2.65. The number of hydrogen-bond donors (Lipinski definition) is 0. The van der Waals surface area contributed by atoms with Gasteiger partial charge in [0.05, 0.1) is 8.07 Å². The largest absolute Gasteiger partial charge is 0.0979 e. The van der Waals surface area contributed by atoms with Crippen LogP contribution < -0.4 is 5.19 Å². The van der Waals surface area contributed by atoms with Crippen LogP contribution in [0.4, 0.5) is 0 Å². The summed E-state index contributed by atoms with van der Waals surface area (Å²) in [6, 6.07) is 8.81. The van der Waals surface area contributed by atoms with Gasteiger partial charge in [-0.05, 0) is 18.6 Å². The molecule has 0 radical (unpaired) electrons. The van der Waals surface area contributed by atoms with E-state index < -0.39 is 8.07 Å². The molecule has 0 nitrogen and oxygen atoms in total. The lowest BCUT2D eigenvalue weighted by atomic mass is 10.2. The molecule has 0 aliphatic carbocycles. The summed E-state index contributed by atoms with van der Waals surface area (Å²) in [5, 5.41) is 1.51. The van der Waals surface area contributed by atoms with Crippen molar-refractivity contribution in [2.75, 3.05) is 0 Å². The summed E-state index contributed by atoms with van der Waals surface area (Å²) >= 11 is 0. The molecule has 86 valence electrons. The molecule has 0 N–H and O–H groups in total. The van der Waals surface area contributed by atoms with E-state index in [1.54, 1.807) is 0 Å². The molecule has 0 aromatic heterocycles. The summed E-state index contributed by atoms with van der Waals surface area (Å²) in [5.74, 6) is 6.45. The fraction of sp³-hybridized carbons (Fsp3) is 0.467. The van der Waals surface area contributed by atoms with Crippen molar-refractivity contribution in [1.82, 2.24) is 0 Å². The molecule has 0 saturated carbocycles. The molecule has 0 bridgehead atoms. The Morgan fingerprint density at radius 3 is 2.19 bits per heavy atom. The first-order chi connectivity index (χ1) is 7.54. The van der Waals surface area contributed by atoms with E-state index in [-0.39, 0.29) is 0 Å². The number of rotatable bonds is 3. The minimum Gasteiger partial charge on any atom is -0.0979 e. The van der Waals surface area contributed by atoms with E-state index in [1.807, 2.05) is 0 Å². The molecule has 0 aliphatic rings. The predicted octanol–water partition coefficient (Wildman–Crippen LogP) is 3.77. The van der Waals surface area contributed by atoms with E-state index in [0.29, 0.717) is 0 Å². The van der Waals surface area contributed by atoms with Gasteiger partial charge in [0.25, 0.3) is 0 Å². The summed E-state index contributed by atoms with van der Waals surface area (Å²) in [7, 11) is -1.15. The van der Waals surface area contributed by atoms with Gasteiger partial charge in [0.2, 0.25) is 0 Å². The van der Waals surface area contributed by atoms with E-state index in [1.165, 1.54) is 18.0 Å². The molecule has 0 aliphatic heterocycles. The lowest BCUT2D eigenvalue weighted by Crippen LogP contribution is -2.37. The van der Waals surface area contributed by atoms with Crippen LogP contribution in [0.1, 0.15) is 31.7 Å². The van der Waals surface area contributed by atoms with Crippen molar-refractivity contribution in [3.05, 3.63) is 29.8 Å². The highest BCUT2D eigenvalue weighted by Gasteiger charge is 2.15. The number of benzene rings is 1. The molecule has 0 saturated heterocycles. The third-order valence-electron chi connectivity index (χ3n) is 2.64. The molecule has 1 heteroatoms. The monoisotopic (exact) mass is 230 g/mol. The van der Waals surface area contributed by atoms with Gasteiger partial charge in [0.15, 0.2) is 0 Å². The maximum atomic E-state index is 3.22. The van der Waals surface area contributed by atoms with Crippen LogP contribution in [-0.2, 0) is 0 Å². The maximum absolute atomic E-state index is 3.22. The van der Waals surface area contributed by atoms with E-state index >= 15 is 0 Å². The van der Waals surface area contributed by atoms with Crippen LogP contribution in [-0.4, -0.2) is 8.07 Å². The van der Waals surface area contributed by atoms with E-state index in [2.05, 4.69) is 62.7 Å². The molecule has 0 spiro atoms. The lowest BCUT2D eigenvalue weighted by molar-refractivity contribution is 0.828. The maximum Gasteiger partial charge on any atom is 0.0775 e. The Morgan fingerprint density at radius 2 is 1.69 bits per heavy atom. The number of hydrogen-bond acceptors (Lipinski definition) is 0. The summed E-state index contributed by atoms with van der Waals surface area (Å²) in [6.07, 6.45) is 3.45. The second-order valence-electron chi connectivity index (χ2n) is 5.23. The topological polar surface area (TPSA) is 0 Å². The van der Waals surface area contributed by atoms with Crippen LogP contribution in [0.25, 0.3) is 0 Å². The second kappa shape index (κ2) is 5.91. The minimum absolute atomic E-state index is 1.02. The molecule has 0 atom stereocenters. The van der Waals surface area contributed by atoms with Crippen molar-refractivity contribution in [3.8, 4) is 11.8 Å². The average molecular weight is 230 g/mol. The Balaban J connectivity index is 2.67. The van der Waals surface area contributed by atoms with Crippen LogP contribution in [0.15, 0.2) is 24.3 Å². The van der Waals surface area contributed by atoms with Gasteiger partial charge in [0, 0.05) is 12.0 Å². The van der Waals surface area contributed by atoms with Gasteiger partial charge in [-0.3, -0.25) is 0 Å². The summed E-state index contributed by atoms with van der Waals surface area (Å²) < 4.78 is 0. The minimum atomic E-state index is -1.15.